The summed E-state index contributed by atoms with van der Waals surface area (Å²) in [4.78, 5) is 31.2. The standard InChI is InChI=1S/C17H23N3O3/c21-15-2-6-17(5-1-9-19(12-17)11-16(22)23)13-20(15)10-14-3-7-18-8-4-14/h3-4,7-8H,1-2,5-6,9-13H2,(H,22,23)/t17-/m1/s1. The first-order chi connectivity index (χ1) is 11.1. The lowest BCUT2D eigenvalue weighted by Gasteiger charge is -2.48. The summed E-state index contributed by atoms with van der Waals surface area (Å²) in [5.41, 5.74) is 1.14. The predicted octanol–water partition coefficient (Wildman–Crippen LogP) is 1.37. The lowest BCUT2D eigenvalue weighted by Crippen LogP contribution is -2.54. The molecule has 0 unspecified atom stereocenters. The maximum atomic E-state index is 12.3. The number of aliphatic carboxylic acids is 1. The zero-order valence-electron chi connectivity index (χ0n) is 13.3. The molecule has 1 amide bonds. The van der Waals surface area contributed by atoms with E-state index in [4.69, 9.17) is 5.11 Å². The Morgan fingerprint density at radius 2 is 2.04 bits per heavy atom. The van der Waals surface area contributed by atoms with Gasteiger partial charge >= 0.3 is 5.97 Å². The Kier molecular flexibility index (Phi) is 4.61. The number of carboxylic acid groups (broad SMARTS) is 1. The first kappa shape index (κ1) is 15.9. The molecule has 0 aromatic carbocycles. The minimum absolute atomic E-state index is 0.0502. The van der Waals surface area contributed by atoms with Crippen LogP contribution in [0.25, 0.3) is 0 Å². The van der Waals surface area contributed by atoms with E-state index < -0.39 is 5.97 Å². The molecule has 1 aromatic rings. The second-order valence-corrected chi connectivity index (χ2v) is 6.81. The van der Waals surface area contributed by atoms with Crippen LogP contribution in [-0.2, 0) is 16.1 Å². The largest absolute Gasteiger partial charge is 0.480 e. The van der Waals surface area contributed by atoms with Gasteiger partial charge in [-0.2, -0.15) is 0 Å². The molecular weight excluding hydrogens is 294 g/mol. The monoisotopic (exact) mass is 317 g/mol. The summed E-state index contributed by atoms with van der Waals surface area (Å²) in [6, 6.07) is 3.87. The van der Waals surface area contributed by atoms with E-state index in [9.17, 15) is 9.59 Å². The van der Waals surface area contributed by atoms with Crippen molar-refractivity contribution in [2.24, 2.45) is 5.41 Å². The van der Waals surface area contributed by atoms with Gasteiger partial charge in [0, 0.05) is 43.9 Å². The van der Waals surface area contributed by atoms with Crippen LogP contribution in [0.5, 0.6) is 0 Å². The molecule has 3 heterocycles. The Bertz CT molecular complexity index is 578. The summed E-state index contributed by atoms with van der Waals surface area (Å²) >= 11 is 0. The van der Waals surface area contributed by atoms with Crippen LogP contribution in [0, 0.1) is 5.41 Å². The molecule has 0 saturated carbocycles. The molecule has 2 aliphatic rings. The highest BCUT2D eigenvalue weighted by Gasteiger charge is 2.41. The van der Waals surface area contributed by atoms with Gasteiger partial charge in [0.1, 0.15) is 0 Å². The van der Waals surface area contributed by atoms with E-state index in [1.807, 2.05) is 21.9 Å². The molecule has 0 aliphatic carbocycles. The fraction of sp³-hybridized carbons (Fsp3) is 0.588. The third kappa shape index (κ3) is 3.88. The zero-order valence-corrected chi connectivity index (χ0v) is 13.3. The van der Waals surface area contributed by atoms with Crippen LogP contribution >= 0.6 is 0 Å². The molecule has 23 heavy (non-hydrogen) atoms. The molecule has 0 bridgehead atoms. The average molecular weight is 317 g/mol. The Labute approximate surface area is 136 Å². The van der Waals surface area contributed by atoms with Crippen molar-refractivity contribution in [3.8, 4) is 0 Å². The summed E-state index contributed by atoms with van der Waals surface area (Å²) in [7, 11) is 0. The number of rotatable bonds is 4. The quantitative estimate of drug-likeness (QED) is 0.908. The molecule has 2 aliphatic heterocycles. The van der Waals surface area contributed by atoms with Gasteiger partial charge in [-0.25, -0.2) is 0 Å². The fourth-order valence-electron chi connectivity index (χ4n) is 3.92. The first-order valence-electron chi connectivity index (χ1n) is 8.17. The van der Waals surface area contributed by atoms with Gasteiger partial charge in [0.05, 0.1) is 6.54 Å². The Morgan fingerprint density at radius 3 is 2.78 bits per heavy atom. The highest BCUT2D eigenvalue weighted by molar-refractivity contribution is 5.77. The first-order valence-corrected chi connectivity index (χ1v) is 8.17. The molecule has 1 spiro atoms. The number of hydrogen-bond donors (Lipinski definition) is 1. The molecule has 0 radical (unpaired) electrons. The zero-order chi connectivity index (χ0) is 16.3. The van der Waals surface area contributed by atoms with Crippen molar-refractivity contribution in [2.45, 2.75) is 32.2 Å². The number of carbonyl (C=O) groups excluding carboxylic acids is 1. The molecule has 1 atom stereocenters. The van der Waals surface area contributed by atoms with E-state index >= 15 is 0 Å². The molecule has 3 rings (SSSR count). The number of amides is 1. The van der Waals surface area contributed by atoms with Crippen molar-refractivity contribution in [3.05, 3.63) is 30.1 Å². The van der Waals surface area contributed by atoms with Crippen LogP contribution in [0.15, 0.2) is 24.5 Å². The molecular formula is C17H23N3O3. The summed E-state index contributed by atoms with van der Waals surface area (Å²) in [6.45, 7) is 3.05. The van der Waals surface area contributed by atoms with E-state index in [0.717, 1.165) is 44.5 Å². The van der Waals surface area contributed by atoms with E-state index in [2.05, 4.69) is 4.98 Å². The van der Waals surface area contributed by atoms with Gasteiger partial charge in [0.15, 0.2) is 0 Å². The van der Waals surface area contributed by atoms with E-state index in [-0.39, 0.29) is 17.9 Å². The van der Waals surface area contributed by atoms with E-state index in [1.165, 1.54) is 0 Å². The molecule has 1 N–H and O–H groups in total. The summed E-state index contributed by atoms with van der Waals surface area (Å²) in [6.07, 6.45) is 7.00. The summed E-state index contributed by atoms with van der Waals surface area (Å²) in [5, 5.41) is 9.03. The smallest absolute Gasteiger partial charge is 0.317 e. The normalized spacial score (nSPS) is 25.7. The molecule has 124 valence electrons. The SMILES string of the molecule is O=C(O)CN1CCC[C@@]2(CCC(=O)N(Cc3ccncc3)C2)C1. The number of carboxylic acids is 1. The van der Waals surface area contributed by atoms with Gasteiger partial charge in [-0.15, -0.1) is 0 Å². The minimum atomic E-state index is -0.775. The Morgan fingerprint density at radius 1 is 1.26 bits per heavy atom. The summed E-state index contributed by atoms with van der Waals surface area (Å²) < 4.78 is 0. The van der Waals surface area contributed by atoms with Gasteiger partial charge in [-0.05, 0) is 43.5 Å². The predicted molar refractivity (Wildman–Crippen MR) is 84.6 cm³/mol. The Hall–Kier alpha value is -1.95. The number of aromatic nitrogens is 1. The summed E-state index contributed by atoms with van der Waals surface area (Å²) in [5.74, 6) is -0.578. The lowest BCUT2D eigenvalue weighted by molar-refractivity contribution is -0.144. The van der Waals surface area contributed by atoms with Crippen molar-refractivity contribution in [3.63, 3.8) is 0 Å². The third-order valence-electron chi connectivity index (χ3n) is 4.97. The molecule has 6 nitrogen and oxygen atoms in total. The number of likely N-dealkylation sites (tertiary alicyclic amines) is 2. The van der Waals surface area contributed by atoms with Crippen molar-refractivity contribution in [2.75, 3.05) is 26.2 Å². The minimum Gasteiger partial charge on any atom is -0.480 e. The second kappa shape index (κ2) is 6.66. The number of nitrogens with zero attached hydrogens (tertiary/aromatic N) is 3. The average Bonchev–Trinajstić information content (AvgIpc) is 2.52. The Balaban J connectivity index is 1.69. The van der Waals surface area contributed by atoms with Crippen LogP contribution in [0.4, 0.5) is 0 Å². The maximum Gasteiger partial charge on any atom is 0.317 e. The highest BCUT2D eigenvalue weighted by atomic mass is 16.4. The van der Waals surface area contributed by atoms with Crippen LogP contribution in [-0.4, -0.2) is 57.9 Å². The van der Waals surface area contributed by atoms with Gasteiger partial charge in [0.25, 0.3) is 0 Å². The van der Waals surface area contributed by atoms with Crippen molar-refractivity contribution < 1.29 is 14.7 Å². The van der Waals surface area contributed by atoms with Crippen molar-refractivity contribution in [1.29, 1.82) is 0 Å². The van der Waals surface area contributed by atoms with Crippen LogP contribution in [0.3, 0.4) is 0 Å². The van der Waals surface area contributed by atoms with Gasteiger partial charge in [-0.1, -0.05) is 0 Å². The molecule has 2 fully saturated rings. The van der Waals surface area contributed by atoms with Gasteiger partial charge < -0.3 is 10.0 Å². The topological polar surface area (TPSA) is 73.7 Å². The third-order valence-corrected chi connectivity index (χ3v) is 4.97. The van der Waals surface area contributed by atoms with Crippen LogP contribution in [0.1, 0.15) is 31.2 Å². The number of hydrogen-bond acceptors (Lipinski definition) is 4. The van der Waals surface area contributed by atoms with E-state index in [0.29, 0.717) is 13.0 Å². The second-order valence-electron chi connectivity index (χ2n) is 6.81. The molecule has 2 saturated heterocycles. The van der Waals surface area contributed by atoms with Gasteiger partial charge in [0.2, 0.25) is 5.91 Å². The highest BCUT2D eigenvalue weighted by Crippen LogP contribution is 2.39. The van der Waals surface area contributed by atoms with Crippen molar-refractivity contribution in [1.82, 2.24) is 14.8 Å². The molecule has 1 aromatic heterocycles. The molecule has 6 heteroatoms. The number of carbonyl (C=O) groups is 2. The van der Waals surface area contributed by atoms with Crippen LogP contribution in [0.2, 0.25) is 0 Å². The number of pyridine rings is 1. The van der Waals surface area contributed by atoms with Gasteiger partial charge in [-0.3, -0.25) is 19.5 Å². The van der Waals surface area contributed by atoms with Crippen LogP contribution < -0.4 is 0 Å². The fourth-order valence-corrected chi connectivity index (χ4v) is 3.92. The van der Waals surface area contributed by atoms with Crippen molar-refractivity contribution >= 4 is 11.9 Å². The van der Waals surface area contributed by atoms with E-state index in [1.54, 1.807) is 12.4 Å². The number of piperidine rings is 2. The maximum absolute atomic E-state index is 12.3. The lowest BCUT2D eigenvalue weighted by atomic mass is 9.73.